The van der Waals surface area contributed by atoms with Crippen LogP contribution < -0.4 is 0 Å². The second-order valence-electron chi connectivity index (χ2n) is 10.8. The number of hydrogen-bond donors (Lipinski definition) is 0. The van der Waals surface area contributed by atoms with Crippen molar-refractivity contribution in [3.63, 3.8) is 0 Å². The molecule has 5 rings (SSSR count). The topological polar surface area (TPSA) is 44.1 Å². The van der Waals surface area contributed by atoms with Crippen molar-refractivity contribution in [1.82, 2.24) is 9.55 Å². The van der Waals surface area contributed by atoms with E-state index in [0.717, 1.165) is 68.3 Å². The van der Waals surface area contributed by atoms with Gasteiger partial charge in [-0.05, 0) is 56.9 Å². The van der Waals surface area contributed by atoms with Gasteiger partial charge in [-0.3, -0.25) is 14.3 Å². The Morgan fingerprint density at radius 2 is 1.97 bits per heavy atom. The Morgan fingerprint density at radius 3 is 2.74 bits per heavy atom. The molecule has 0 bridgehead atoms. The molecule has 1 aliphatic heterocycles. The van der Waals surface area contributed by atoms with Crippen LogP contribution in [0.25, 0.3) is 10.9 Å². The highest BCUT2D eigenvalue weighted by Gasteiger charge is 2.35. The number of ether oxygens (including phenoxy) is 1. The number of carbonyl (C=O) groups excluding carboxylic acids is 1. The van der Waals surface area contributed by atoms with Gasteiger partial charge in [0.05, 0.1) is 19.5 Å². The van der Waals surface area contributed by atoms with Crippen molar-refractivity contribution in [3.8, 4) is 0 Å². The maximum absolute atomic E-state index is 12.7. The molecule has 0 amide bonds. The van der Waals surface area contributed by atoms with Gasteiger partial charge in [-0.1, -0.05) is 37.0 Å². The van der Waals surface area contributed by atoms with Crippen molar-refractivity contribution in [2.24, 2.45) is 5.92 Å². The first-order valence-electron chi connectivity index (χ1n) is 12.9. The number of likely N-dealkylation sites (N-methyl/N-ethyl adjacent to an activating group) is 1. The summed E-state index contributed by atoms with van der Waals surface area (Å²) in [5.41, 5.74) is 7.84. The fourth-order valence-electron chi connectivity index (χ4n) is 5.82. The average molecular weight is 461 g/mol. The second kappa shape index (κ2) is 9.53. The highest BCUT2D eigenvalue weighted by molar-refractivity contribution is 5.86. The summed E-state index contributed by atoms with van der Waals surface area (Å²) in [5, 5.41) is 1.36. The van der Waals surface area contributed by atoms with Crippen LogP contribution in [0.2, 0.25) is 0 Å². The summed E-state index contributed by atoms with van der Waals surface area (Å²) in [5.74, 6) is 0.136. The number of esters is 1. The number of pyridine rings is 1. The standard InChI is InChI=1S/C29H38N3O2/c1-21-9-12-27-25(17-21)26-19-32(3,20-34-29(33)24-7-5-4-6-8-24)16-14-28(26)31(27)15-13-23-11-10-22(2)30-18-23/h9-12,17-18,24H,4-8,13-16,19-20H2,1-3H3/q+1. The van der Waals surface area contributed by atoms with E-state index in [1.165, 1.54) is 39.7 Å². The maximum Gasteiger partial charge on any atom is 0.313 e. The molecule has 1 atom stereocenters. The van der Waals surface area contributed by atoms with Crippen LogP contribution >= 0.6 is 0 Å². The Kier molecular flexibility index (Phi) is 6.48. The Hall–Kier alpha value is -2.66. The number of aromatic nitrogens is 2. The van der Waals surface area contributed by atoms with Crippen LogP contribution in [0.15, 0.2) is 36.5 Å². The minimum absolute atomic E-state index is 0.0230. The number of hydrogen-bond acceptors (Lipinski definition) is 3. The normalized spacial score (nSPS) is 20.9. The van der Waals surface area contributed by atoms with Gasteiger partial charge >= 0.3 is 5.97 Å². The van der Waals surface area contributed by atoms with Crippen LogP contribution in [0.3, 0.4) is 0 Å². The predicted molar refractivity (Wildman–Crippen MR) is 135 cm³/mol. The van der Waals surface area contributed by atoms with Crippen LogP contribution in [0, 0.1) is 19.8 Å². The number of benzene rings is 1. The smallest absolute Gasteiger partial charge is 0.313 e. The molecule has 2 aliphatic rings. The summed E-state index contributed by atoms with van der Waals surface area (Å²) in [7, 11) is 2.24. The average Bonchev–Trinajstić information content (AvgIpc) is 3.14. The van der Waals surface area contributed by atoms with Gasteiger partial charge in [0.15, 0.2) is 0 Å². The minimum Gasteiger partial charge on any atom is -0.415 e. The first kappa shape index (κ1) is 23.1. The number of carbonyl (C=O) groups is 1. The summed E-state index contributed by atoms with van der Waals surface area (Å²) in [4.78, 5) is 17.2. The van der Waals surface area contributed by atoms with Crippen molar-refractivity contribution in [1.29, 1.82) is 0 Å². The lowest BCUT2D eigenvalue weighted by atomic mass is 9.89. The maximum atomic E-state index is 12.7. The van der Waals surface area contributed by atoms with Gasteiger partial charge in [-0.25, -0.2) is 0 Å². The molecule has 34 heavy (non-hydrogen) atoms. The van der Waals surface area contributed by atoms with Crippen LogP contribution in [-0.4, -0.2) is 40.3 Å². The Labute approximate surface area is 203 Å². The number of rotatable bonds is 6. The molecule has 0 spiro atoms. The summed E-state index contributed by atoms with van der Waals surface area (Å²) < 4.78 is 9.21. The molecule has 3 heterocycles. The summed E-state index contributed by atoms with van der Waals surface area (Å²) in [6.07, 6.45) is 9.55. The molecule has 5 heteroatoms. The zero-order chi connectivity index (χ0) is 23.7. The van der Waals surface area contributed by atoms with E-state index in [2.05, 4.69) is 53.9 Å². The van der Waals surface area contributed by atoms with Crippen LogP contribution in [0.5, 0.6) is 0 Å². The zero-order valence-corrected chi connectivity index (χ0v) is 21.0. The van der Waals surface area contributed by atoms with E-state index in [1.54, 1.807) is 0 Å². The Morgan fingerprint density at radius 1 is 1.15 bits per heavy atom. The van der Waals surface area contributed by atoms with Gasteiger partial charge in [0.25, 0.3) is 0 Å². The third-order valence-electron chi connectivity index (χ3n) is 7.92. The van der Waals surface area contributed by atoms with Crippen LogP contribution in [-0.2, 0) is 35.5 Å². The number of aryl methyl sites for hydroxylation is 4. The van der Waals surface area contributed by atoms with Gasteiger partial charge in [0.1, 0.15) is 6.54 Å². The molecule has 1 unspecified atom stereocenters. The third kappa shape index (κ3) is 4.76. The van der Waals surface area contributed by atoms with Crippen LogP contribution in [0.4, 0.5) is 0 Å². The van der Waals surface area contributed by atoms with E-state index in [-0.39, 0.29) is 11.9 Å². The molecular weight excluding hydrogens is 422 g/mol. The zero-order valence-electron chi connectivity index (χ0n) is 21.0. The number of nitrogens with zero attached hydrogens (tertiary/aromatic N) is 3. The Bertz CT molecular complexity index is 1170. The summed E-state index contributed by atoms with van der Waals surface area (Å²) in [6.45, 7) is 7.54. The molecular formula is C29H38N3O2+. The lowest BCUT2D eigenvalue weighted by molar-refractivity contribution is -0.940. The molecule has 1 aromatic carbocycles. The van der Waals surface area contributed by atoms with Gasteiger partial charge in [0.2, 0.25) is 6.73 Å². The molecule has 1 aliphatic carbocycles. The van der Waals surface area contributed by atoms with Crippen molar-refractivity contribution in [3.05, 3.63) is 64.6 Å². The van der Waals surface area contributed by atoms with E-state index < -0.39 is 0 Å². The molecule has 5 nitrogen and oxygen atoms in total. The van der Waals surface area contributed by atoms with Gasteiger partial charge in [-0.15, -0.1) is 0 Å². The minimum atomic E-state index is 0.0230. The van der Waals surface area contributed by atoms with Crippen molar-refractivity contribution < 1.29 is 14.0 Å². The first-order valence-corrected chi connectivity index (χ1v) is 12.9. The molecule has 180 valence electrons. The molecule has 0 N–H and O–H groups in total. The lowest BCUT2D eigenvalue weighted by Crippen LogP contribution is -2.50. The van der Waals surface area contributed by atoms with Crippen LogP contribution in [0.1, 0.15) is 60.2 Å². The largest absolute Gasteiger partial charge is 0.415 e. The molecule has 3 aromatic rings. The van der Waals surface area contributed by atoms with E-state index in [4.69, 9.17) is 4.74 Å². The van der Waals surface area contributed by atoms with E-state index in [1.807, 2.05) is 13.1 Å². The van der Waals surface area contributed by atoms with Crippen molar-refractivity contribution in [2.45, 2.75) is 71.9 Å². The molecule has 1 fully saturated rings. The second-order valence-corrected chi connectivity index (χ2v) is 10.8. The highest BCUT2D eigenvalue weighted by atomic mass is 16.5. The van der Waals surface area contributed by atoms with E-state index in [0.29, 0.717) is 6.73 Å². The van der Waals surface area contributed by atoms with E-state index >= 15 is 0 Å². The van der Waals surface area contributed by atoms with E-state index in [9.17, 15) is 4.79 Å². The SMILES string of the molecule is Cc1ccc2c(c1)c1c(n2CCc2ccc(C)nc2)CC[N+](C)(COC(=O)C2CCCCC2)C1. The number of quaternary nitrogens is 1. The fourth-order valence-corrected chi connectivity index (χ4v) is 5.82. The molecule has 1 saturated carbocycles. The number of fused-ring (bicyclic) bond motifs is 3. The molecule has 0 radical (unpaired) electrons. The Balaban J connectivity index is 1.36. The summed E-state index contributed by atoms with van der Waals surface area (Å²) >= 11 is 0. The summed E-state index contributed by atoms with van der Waals surface area (Å²) in [6, 6.07) is 11.1. The quantitative estimate of drug-likeness (QED) is 0.361. The third-order valence-corrected chi connectivity index (χ3v) is 7.92. The molecule has 0 saturated heterocycles. The highest BCUT2D eigenvalue weighted by Crippen LogP contribution is 2.34. The first-order chi connectivity index (χ1) is 16.4. The van der Waals surface area contributed by atoms with Gasteiger partial charge in [0, 0.05) is 47.0 Å². The molecule has 2 aromatic heterocycles. The van der Waals surface area contributed by atoms with Crippen molar-refractivity contribution in [2.75, 3.05) is 20.3 Å². The van der Waals surface area contributed by atoms with Crippen molar-refractivity contribution >= 4 is 16.9 Å². The predicted octanol–water partition coefficient (Wildman–Crippen LogP) is 5.48. The lowest BCUT2D eigenvalue weighted by Gasteiger charge is -2.37. The monoisotopic (exact) mass is 460 g/mol. The van der Waals surface area contributed by atoms with Gasteiger partial charge < -0.3 is 9.30 Å². The van der Waals surface area contributed by atoms with Gasteiger partial charge in [-0.2, -0.15) is 0 Å². The fraction of sp³-hybridized carbons (Fsp3) is 0.517.